The molecule has 1 rings (SSSR count). The van der Waals surface area contributed by atoms with Crippen molar-refractivity contribution in [1.29, 1.82) is 0 Å². The quantitative estimate of drug-likeness (QED) is 0.593. The Labute approximate surface area is 94.3 Å². The SMILES string of the molecule is Cc1cccc([N+](=O)[O-])c1NC(C)CCO. The highest BCUT2D eigenvalue weighted by atomic mass is 16.6. The smallest absolute Gasteiger partial charge is 0.292 e. The zero-order valence-corrected chi connectivity index (χ0v) is 9.43. The van der Waals surface area contributed by atoms with Crippen LogP contribution in [0.4, 0.5) is 11.4 Å². The van der Waals surface area contributed by atoms with Gasteiger partial charge in [-0.25, -0.2) is 0 Å². The molecule has 0 aliphatic heterocycles. The Morgan fingerprint density at radius 2 is 2.25 bits per heavy atom. The zero-order valence-electron chi connectivity index (χ0n) is 9.43. The van der Waals surface area contributed by atoms with Crippen LogP contribution in [0, 0.1) is 17.0 Å². The highest BCUT2D eigenvalue weighted by Crippen LogP contribution is 2.28. The van der Waals surface area contributed by atoms with Crippen LogP contribution in [0.15, 0.2) is 18.2 Å². The lowest BCUT2D eigenvalue weighted by molar-refractivity contribution is -0.384. The van der Waals surface area contributed by atoms with Gasteiger partial charge in [0.15, 0.2) is 0 Å². The Morgan fingerprint density at radius 3 is 2.81 bits per heavy atom. The molecule has 2 N–H and O–H groups in total. The first-order chi connectivity index (χ1) is 7.56. The Morgan fingerprint density at radius 1 is 1.56 bits per heavy atom. The second-order valence-electron chi connectivity index (χ2n) is 3.78. The van der Waals surface area contributed by atoms with Crippen molar-refractivity contribution in [3.8, 4) is 0 Å². The number of para-hydroxylation sites is 1. The van der Waals surface area contributed by atoms with Gasteiger partial charge in [0.1, 0.15) is 5.69 Å². The number of hydrogen-bond acceptors (Lipinski definition) is 4. The summed E-state index contributed by atoms with van der Waals surface area (Å²) in [5.41, 5.74) is 1.44. The highest BCUT2D eigenvalue weighted by Gasteiger charge is 2.16. The summed E-state index contributed by atoms with van der Waals surface area (Å²) in [5, 5.41) is 22.7. The fourth-order valence-corrected chi connectivity index (χ4v) is 1.50. The molecule has 88 valence electrons. The van der Waals surface area contributed by atoms with Crippen LogP contribution in [0.5, 0.6) is 0 Å². The van der Waals surface area contributed by atoms with Gasteiger partial charge in [0.2, 0.25) is 0 Å². The normalized spacial score (nSPS) is 12.2. The lowest BCUT2D eigenvalue weighted by atomic mass is 10.1. The second kappa shape index (κ2) is 5.46. The molecule has 5 heteroatoms. The summed E-state index contributed by atoms with van der Waals surface area (Å²) in [7, 11) is 0. The number of nitrogens with zero attached hydrogens (tertiary/aromatic N) is 1. The lowest BCUT2D eigenvalue weighted by Gasteiger charge is -2.15. The van der Waals surface area contributed by atoms with Gasteiger partial charge in [-0.05, 0) is 25.8 Å². The monoisotopic (exact) mass is 224 g/mol. The molecular weight excluding hydrogens is 208 g/mol. The van der Waals surface area contributed by atoms with E-state index in [-0.39, 0.29) is 18.3 Å². The molecule has 1 atom stereocenters. The van der Waals surface area contributed by atoms with Crippen molar-refractivity contribution < 1.29 is 10.0 Å². The van der Waals surface area contributed by atoms with Crippen LogP contribution in [0.3, 0.4) is 0 Å². The van der Waals surface area contributed by atoms with E-state index in [0.717, 1.165) is 5.56 Å². The number of hydrogen-bond donors (Lipinski definition) is 2. The molecule has 0 bridgehead atoms. The van der Waals surface area contributed by atoms with Crippen molar-refractivity contribution in [2.75, 3.05) is 11.9 Å². The molecule has 1 aromatic carbocycles. The van der Waals surface area contributed by atoms with E-state index in [1.54, 1.807) is 6.07 Å². The first-order valence-corrected chi connectivity index (χ1v) is 5.17. The Balaban J connectivity index is 2.97. The number of aliphatic hydroxyl groups is 1. The molecule has 0 spiro atoms. The first kappa shape index (κ1) is 12.4. The molecule has 1 aromatic rings. The van der Waals surface area contributed by atoms with Crippen molar-refractivity contribution in [2.24, 2.45) is 0 Å². The number of aliphatic hydroxyl groups excluding tert-OH is 1. The maximum absolute atomic E-state index is 10.8. The predicted octanol–water partition coefficient (Wildman–Crippen LogP) is 2.09. The average Bonchev–Trinajstić information content (AvgIpc) is 2.21. The van der Waals surface area contributed by atoms with Crippen LogP contribution in [0.2, 0.25) is 0 Å². The number of benzene rings is 1. The fraction of sp³-hybridized carbons (Fsp3) is 0.455. The molecule has 1 unspecified atom stereocenters. The van der Waals surface area contributed by atoms with Crippen LogP contribution in [0.1, 0.15) is 18.9 Å². The summed E-state index contributed by atoms with van der Waals surface area (Å²) in [6, 6.07) is 4.96. The molecule has 0 radical (unpaired) electrons. The van der Waals surface area contributed by atoms with Crippen LogP contribution in [0.25, 0.3) is 0 Å². The standard InChI is InChI=1S/C11H16N2O3/c1-8-4-3-5-10(13(15)16)11(8)12-9(2)6-7-14/h3-5,9,12,14H,6-7H2,1-2H3. The lowest BCUT2D eigenvalue weighted by Crippen LogP contribution is -2.18. The molecule has 0 aromatic heterocycles. The summed E-state index contributed by atoms with van der Waals surface area (Å²) in [6.45, 7) is 3.77. The minimum atomic E-state index is -0.402. The van der Waals surface area contributed by atoms with E-state index in [1.165, 1.54) is 6.07 Å². The van der Waals surface area contributed by atoms with Crippen molar-refractivity contribution >= 4 is 11.4 Å². The van der Waals surface area contributed by atoms with Gasteiger partial charge in [-0.1, -0.05) is 12.1 Å². The van der Waals surface area contributed by atoms with Gasteiger partial charge in [0, 0.05) is 18.7 Å². The molecular formula is C11H16N2O3. The average molecular weight is 224 g/mol. The van der Waals surface area contributed by atoms with Gasteiger partial charge in [-0.3, -0.25) is 10.1 Å². The van der Waals surface area contributed by atoms with Gasteiger partial charge < -0.3 is 10.4 Å². The zero-order chi connectivity index (χ0) is 12.1. The van der Waals surface area contributed by atoms with E-state index in [2.05, 4.69) is 5.32 Å². The van der Waals surface area contributed by atoms with E-state index in [4.69, 9.17) is 5.11 Å². The number of nitro benzene ring substituents is 1. The molecule has 0 fully saturated rings. The van der Waals surface area contributed by atoms with Crippen molar-refractivity contribution in [3.05, 3.63) is 33.9 Å². The van der Waals surface area contributed by atoms with Gasteiger partial charge >= 0.3 is 0 Å². The molecule has 5 nitrogen and oxygen atoms in total. The number of nitrogens with one attached hydrogen (secondary N) is 1. The van der Waals surface area contributed by atoms with Gasteiger partial charge in [0.25, 0.3) is 5.69 Å². The van der Waals surface area contributed by atoms with Crippen LogP contribution >= 0.6 is 0 Å². The number of anilines is 1. The summed E-state index contributed by atoms with van der Waals surface area (Å²) in [4.78, 5) is 10.4. The van der Waals surface area contributed by atoms with Crippen LogP contribution < -0.4 is 5.32 Å². The topological polar surface area (TPSA) is 75.4 Å². The second-order valence-corrected chi connectivity index (χ2v) is 3.78. The molecule has 0 amide bonds. The molecule has 0 saturated heterocycles. The van der Waals surface area contributed by atoms with Crippen LogP contribution in [-0.2, 0) is 0 Å². The summed E-state index contributed by atoms with van der Waals surface area (Å²) < 4.78 is 0. The molecule has 0 heterocycles. The summed E-state index contributed by atoms with van der Waals surface area (Å²) >= 11 is 0. The Kier molecular flexibility index (Phi) is 4.25. The molecule has 0 saturated carbocycles. The fourth-order valence-electron chi connectivity index (χ4n) is 1.50. The van der Waals surface area contributed by atoms with Crippen molar-refractivity contribution in [1.82, 2.24) is 0 Å². The minimum absolute atomic E-state index is 0.00444. The Hall–Kier alpha value is -1.62. The van der Waals surface area contributed by atoms with E-state index < -0.39 is 4.92 Å². The predicted molar refractivity (Wildman–Crippen MR) is 62.6 cm³/mol. The van der Waals surface area contributed by atoms with Gasteiger partial charge in [-0.2, -0.15) is 0 Å². The Bertz CT molecular complexity index is 379. The molecule has 0 aliphatic carbocycles. The number of nitro groups is 1. The van der Waals surface area contributed by atoms with E-state index in [9.17, 15) is 10.1 Å². The maximum atomic E-state index is 10.8. The van der Waals surface area contributed by atoms with Crippen molar-refractivity contribution in [2.45, 2.75) is 26.3 Å². The summed E-state index contributed by atoms with van der Waals surface area (Å²) in [5.74, 6) is 0. The van der Waals surface area contributed by atoms with Crippen LogP contribution in [-0.4, -0.2) is 22.7 Å². The van der Waals surface area contributed by atoms with E-state index >= 15 is 0 Å². The third-order valence-corrected chi connectivity index (χ3v) is 2.40. The van der Waals surface area contributed by atoms with Gasteiger partial charge in [0.05, 0.1) is 4.92 Å². The number of aryl methyl sites for hydroxylation is 1. The van der Waals surface area contributed by atoms with E-state index in [1.807, 2.05) is 19.9 Å². The van der Waals surface area contributed by atoms with E-state index in [0.29, 0.717) is 12.1 Å². The molecule has 0 aliphatic rings. The highest BCUT2D eigenvalue weighted by molar-refractivity contribution is 5.66. The van der Waals surface area contributed by atoms with Gasteiger partial charge in [-0.15, -0.1) is 0 Å². The van der Waals surface area contributed by atoms with Crippen molar-refractivity contribution in [3.63, 3.8) is 0 Å². The summed E-state index contributed by atoms with van der Waals surface area (Å²) in [6.07, 6.45) is 0.561. The largest absolute Gasteiger partial charge is 0.396 e. The minimum Gasteiger partial charge on any atom is -0.396 e. The maximum Gasteiger partial charge on any atom is 0.292 e. The first-order valence-electron chi connectivity index (χ1n) is 5.17. The third-order valence-electron chi connectivity index (χ3n) is 2.40. The third kappa shape index (κ3) is 2.93. The molecule has 16 heavy (non-hydrogen) atoms. The number of rotatable bonds is 5.